The van der Waals surface area contributed by atoms with E-state index in [2.05, 4.69) is 10.6 Å². The highest BCUT2D eigenvalue weighted by molar-refractivity contribution is 6.21. The molecule has 0 aliphatic rings. The Labute approximate surface area is 212 Å². The van der Waals surface area contributed by atoms with E-state index in [1.807, 2.05) is 60.7 Å². The van der Waals surface area contributed by atoms with Gasteiger partial charge in [0, 0.05) is 13.1 Å². The Morgan fingerprint density at radius 3 is 1.53 bits per heavy atom. The van der Waals surface area contributed by atoms with Gasteiger partial charge in [-0.2, -0.15) is 0 Å². The zero-order valence-corrected chi connectivity index (χ0v) is 20.9. The zero-order valence-electron chi connectivity index (χ0n) is 20.9. The Morgan fingerprint density at radius 1 is 0.694 bits per heavy atom. The number of benzene rings is 3. The smallest absolute Gasteiger partial charge is 0.256 e. The minimum Gasteiger partial charge on any atom is -0.493 e. The van der Waals surface area contributed by atoms with E-state index < -0.39 is 11.8 Å². The second-order valence-corrected chi connectivity index (χ2v) is 8.00. The number of rotatable bonds is 12. The first-order valence-electron chi connectivity index (χ1n) is 11.7. The SMILES string of the molecule is COc1cc(C=C(C(=O)NCCc2ccccc2)C(=O)NCCc2ccccc2)cc(OC)c1OC. The maximum Gasteiger partial charge on any atom is 0.256 e. The summed E-state index contributed by atoms with van der Waals surface area (Å²) in [6, 6.07) is 23.1. The van der Waals surface area contributed by atoms with Crippen molar-refractivity contribution in [2.45, 2.75) is 12.8 Å². The van der Waals surface area contributed by atoms with E-state index in [0.717, 1.165) is 11.1 Å². The van der Waals surface area contributed by atoms with E-state index in [1.165, 1.54) is 27.4 Å². The van der Waals surface area contributed by atoms with Gasteiger partial charge >= 0.3 is 0 Å². The third-order valence-corrected chi connectivity index (χ3v) is 5.57. The molecule has 0 atom stereocenters. The molecule has 3 rings (SSSR count). The molecule has 0 saturated carbocycles. The van der Waals surface area contributed by atoms with Crippen LogP contribution in [-0.4, -0.2) is 46.2 Å². The molecule has 0 spiro atoms. The van der Waals surface area contributed by atoms with E-state index in [9.17, 15) is 9.59 Å². The highest BCUT2D eigenvalue weighted by Crippen LogP contribution is 2.38. The van der Waals surface area contributed by atoms with Gasteiger partial charge in [0.25, 0.3) is 11.8 Å². The molecule has 7 heteroatoms. The van der Waals surface area contributed by atoms with Crippen molar-refractivity contribution in [1.82, 2.24) is 10.6 Å². The molecule has 3 aromatic carbocycles. The van der Waals surface area contributed by atoms with Crippen LogP contribution in [0, 0.1) is 0 Å². The van der Waals surface area contributed by atoms with Gasteiger partial charge in [-0.1, -0.05) is 60.7 Å². The van der Waals surface area contributed by atoms with Gasteiger partial charge in [0.05, 0.1) is 21.3 Å². The van der Waals surface area contributed by atoms with E-state index in [0.29, 0.717) is 48.7 Å². The Balaban J connectivity index is 1.81. The number of ether oxygens (including phenoxy) is 3. The van der Waals surface area contributed by atoms with Crippen molar-refractivity contribution in [2.75, 3.05) is 34.4 Å². The summed E-state index contributed by atoms with van der Waals surface area (Å²) in [6.45, 7) is 0.791. The van der Waals surface area contributed by atoms with Crippen molar-refractivity contribution in [2.24, 2.45) is 0 Å². The second kappa shape index (κ2) is 13.6. The number of hydrogen-bond acceptors (Lipinski definition) is 5. The first-order chi connectivity index (χ1) is 17.5. The van der Waals surface area contributed by atoms with Crippen LogP contribution in [0.25, 0.3) is 6.08 Å². The third-order valence-electron chi connectivity index (χ3n) is 5.57. The molecule has 0 unspecified atom stereocenters. The molecule has 0 bridgehead atoms. The van der Waals surface area contributed by atoms with Gasteiger partial charge in [0.1, 0.15) is 5.57 Å². The van der Waals surface area contributed by atoms with Gasteiger partial charge in [-0.25, -0.2) is 0 Å². The molecule has 2 N–H and O–H groups in total. The van der Waals surface area contributed by atoms with Crippen LogP contribution in [0.1, 0.15) is 16.7 Å². The Bertz CT molecular complexity index is 1090. The molecule has 0 aromatic heterocycles. The van der Waals surface area contributed by atoms with Crippen molar-refractivity contribution >= 4 is 17.9 Å². The molecular formula is C29H32N2O5. The first kappa shape index (κ1) is 26.3. The van der Waals surface area contributed by atoms with E-state index in [1.54, 1.807) is 12.1 Å². The van der Waals surface area contributed by atoms with Gasteiger partial charge in [-0.05, 0) is 47.7 Å². The normalized spacial score (nSPS) is 10.2. The van der Waals surface area contributed by atoms with Gasteiger partial charge in [-0.15, -0.1) is 0 Å². The summed E-state index contributed by atoms with van der Waals surface area (Å²) in [5.41, 5.74) is 2.75. The molecule has 3 aromatic rings. The first-order valence-corrected chi connectivity index (χ1v) is 11.7. The van der Waals surface area contributed by atoms with Crippen molar-refractivity contribution in [3.8, 4) is 17.2 Å². The highest BCUT2D eigenvalue weighted by Gasteiger charge is 2.20. The Morgan fingerprint density at radius 2 is 1.14 bits per heavy atom. The van der Waals surface area contributed by atoms with Crippen molar-refractivity contribution in [3.63, 3.8) is 0 Å². The average molecular weight is 489 g/mol. The minimum absolute atomic E-state index is 0.00889. The van der Waals surface area contributed by atoms with Gasteiger partial charge < -0.3 is 24.8 Å². The maximum absolute atomic E-state index is 13.1. The number of amides is 2. The minimum atomic E-state index is -0.461. The molecule has 0 heterocycles. The monoisotopic (exact) mass is 488 g/mol. The van der Waals surface area contributed by atoms with Crippen LogP contribution in [0.3, 0.4) is 0 Å². The van der Waals surface area contributed by atoms with E-state index in [4.69, 9.17) is 14.2 Å². The van der Waals surface area contributed by atoms with Gasteiger partial charge in [0.15, 0.2) is 11.5 Å². The van der Waals surface area contributed by atoms with Crippen molar-refractivity contribution in [1.29, 1.82) is 0 Å². The largest absolute Gasteiger partial charge is 0.493 e. The number of methoxy groups -OCH3 is 3. The Hall–Kier alpha value is -4.26. The van der Waals surface area contributed by atoms with E-state index >= 15 is 0 Å². The fourth-order valence-corrected chi connectivity index (χ4v) is 3.71. The molecule has 0 saturated heterocycles. The highest BCUT2D eigenvalue weighted by atomic mass is 16.5. The lowest BCUT2D eigenvalue weighted by Gasteiger charge is -2.14. The number of carbonyl (C=O) groups excluding carboxylic acids is 2. The van der Waals surface area contributed by atoms with Crippen LogP contribution >= 0.6 is 0 Å². The summed E-state index contributed by atoms with van der Waals surface area (Å²) in [6.07, 6.45) is 2.83. The van der Waals surface area contributed by atoms with Crippen LogP contribution in [-0.2, 0) is 22.4 Å². The summed E-state index contributed by atoms with van der Waals surface area (Å²) in [4.78, 5) is 26.2. The molecule has 0 radical (unpaired) electrons. The molecule has 188 valence electrons. The fraction of sp³-hybridized carbons (Fsp3) is 0.241. The molecule has 0 fully saturated rings. The molecule has 0 aliphatic carbocycles. The number of nitrogens with one attached hydrogen (secondary N) is 2. The topological polar surface area (TPSA) is 85.9 Å². The fourth-order valence-electron chi connectivity index (χ4n) is 3.71. The Kier molecular flexibility index (Phi) is 9.94. The summed E-state index contributed by atoms with van der Waals surface area (Å²) in [5.74, 6) is 0.361. The van der Waals surface area contributed by atoms with Crippen LogP contribution in [0.5, 0.6) is 17.2 Å². The molecular weight excluding hydrogens is 456 g/mol. The average Bonchev–Trinajstić information content (AvgIpc) is 2.92. The second-order valence-electron chi connectivity index (χ2n) is 8.00. The standard InChI is InChI=1S/C29H32N2O5/c1-34-25-19-23(20-26(35-2)27(25)36-3)18-24(28(32)30-16-14-21-10-6-4-7-11-21)29(33)31-17-15-22-12-8-5-9-13-22/h4-13,18-20H,14-17H2,1-3H3,(H,30,32)(H,31,33). The molecule has 7 nitrogen and oxygen atoms in total. The number of carbonyl (C=O) groups is 2. The quantitative estimate of drug-likeness (QED) is 0.230. The summed E-state index contributed by atoms with van der Waals surface area (Å²) in [5, 5.41) is 5.73. The molecule has 0 aliphatic heterocycles. The van der Waals surface area contributed by atoms with Crippen LogP contribution in [0.2, 0.25) is 0 Å². The van der Waals surface area contributed by atoms with Crippen LogP contribution < -0.4 is 24.8 Å². The number of hydrogen-bond donors (Lipinski definition) is 2. The van der Waals surface area contributed by atoms with Crippen LogP contribution in [0.15, 0.2) is 78.4 Å². The zero-order chi connectivity index (χ0) is 25.8. The van der Waals surface area contributed by atoms with Crippen LogP contribution in [0.4, 0.5) is 0 Å². The summed E-state index contributed by atoms with van der Waals surface area (Å²) < 4.78 is 16.2. The summed E-state index contributed by atoms with van der Waals surface area (Å²) in [7, 11) is 4.54. The van der Waals surface area contributed by atoms with Gasteiger partial charge in [0.2, 0.25) is 5.75 Å². The summed E-state index contributed by atoms with van der Waals surface area (Å²) >= 11 is 0. The lowest BCUT2D eigenvalue weighted by molar-refractivity contribution is -0.123. The van der Waals surface area contributed by atoms with Crippen molar-refractivity contribution in [3.05, 3.63) is 95.1 Å². The lowest BCUT2D eigenvalue weighted by Crippen LogP contribution is -2.36. The molecule has 2 amide bonds. The van der Waals surface area contributed by atoms with Crippen molar-refractivity contribution < 1.29 is 23.8 Å². The predicted octanol–water partition coefficient (Wildman–Crippen LogP) is 3.81. The molecule has 36 heavy (non-hydrogen) atoms. The maximum atomic E-state index is 13.1. The lowest BCUT2D eigenvalue weighted by atomic mass is 10.1. The van der Waals surface area contributed by atoms with E-state index in [-0.39, 0.29) is 5.57 Å². The third kappa shape index (κ3) is 7.37. The predicted molar refractivity (Wildman–Crippen MR) is 140 cm³/mol. The van der Waals surface area contributed by atoms with Gasteiger partial charge in [-0.3, -0.25) is 9.59 Å².